The first-order valence-corrected chi connectivity index (χ1v) is 6.64. The van der Waals surface area contributed by atoms with Crippen LogP contribution in [0.4, 0.5) is 16.2 Å². The summed E-state index contributed by atoms with van der Waals surface area (Å²) in [7, 11) is 0. The zero-order valence-electron chi connectivity index (χ0n) is 11.3. The second kappa shape index (κ2) is 5.32. The van der Waals surface area contributed by atoms with E-state index in [1.54, 1.807) is 24.5 Å². The molecule has 108 valence electrons. The molecule has 2 aromatic rings. The van der Waals surface area contributed by atoms with Crippen LogP contribution in [0.1, 0.15) is 11.1 Å². The van der Waals surface area contributed by atoms with E-state index in [2.05, 4.69) is 5.32 Å². The molecular formula is C15H15N3O3. The number of nitrogens with one attached hydrogen (secondary N) is 1. The molecule has 2 heterocycles. The maximum atomic E-state index is 11.9. The van der Waals surface area contributed by atoms with Crippen molar-refractivity contribution in [1.29, 1.82) is 0 Å². The number of nitrogens with two attached hydrogens (primary N) is 1. The lowest BCUT2D eigenvalue weighted by atomic mass is 10.1. The Labute approximate surface area is 121 Å². The predicted molar refractivity (Wildman–Crippen MR) is 78.1 cm³/mol. The molecular weight excluding hydrogens is 270 g/mol. The first-order chi connectivity index (χ1) is 10.1. The molecule has 1 aromatic heterocycles. The van der Waals surface area contributed by atoms with Crippen LogP contribution in [-0.4, -0.2) is 18.5 Å². The Hall–Kier alpha value is -2.76. The van der Waals surface area contributed by atoms with E-state index < -0.39 is 6.03 Å². The van der Waals surface area contributed by atoms with Crippen LogP contribution in [0, 0.1) is 0 Å². The van der Waals surface area contributed by atoms with E-state index in [0.29, 0.717) is 12.2 Å². The summed E-state index contributed by atoms with van der Waals surface area (Å²) in [5.41, 5.74) is 8.68. The fourth-order valence-corrected chi connectivity index (χ4v) is 2.49. The normalized spacial score (nSPS) is 13.0. The Kier molecular flexibility index (Phi) is 3.35. The number of carbonyl (C=O) groups is 2. The van der Waals surface area contributed by atoms with Gasteiger partial charge in [-0.25, -0.2) is 4.79 Å². The second-order valence-electron chi connectivity index (χ2n) is 4.94. The molecule has 0 saturated carbocycles. The van der Waals surface area contributed by atoms with Gasteiger partial charge in [0.15, 0.2) is 0 Å². The van der Waals surface area contributed by atoms with Crippen LogP contribution in [0.25, 0.3) is 0 Å². The molecule has 3 rings (SSSR count). The molecule has 0 fully saturated rings. The number of urea groups is 1. The number of primary amides is 1. The molecule has 0 atom stereocenters. The van der Waals surface area contributed by atoms with Crippen molar-refractivity contribution in [3.8, 4) is 0 Å². The van der Waals surface area contributed by atoms with Crippen molar-refractivity contribution in [1.82, 2.24) is 0 Å². The van der Waals surface area contributed by atoms with Crippen molar-refractivity contribution in [2.45, 2.75) is 12.8 Å². The summed E-state index contributed by atoms with van der Waals surface area (Å²) in [6.07, 6.45) is 4.09. The molecule has 0 bridgehead atoms. The quantitative estimate of drug-likeness (QED) is 0.902. The number of hydrogen-bond donors (Lipinski definition) is 2. The monoisotopic (exact) mass is 285 g/mol. The third-order valence-electron chi connectivity index (χ3n) is 3.47. The molecule has 0 unspecified atom stereocenters. The molecule has 21 heavy (non-hydrogen) atoms. The molecule has 3 amide bonds. The number of carbonyl (C=O) groups excluding carboxylic acids is 2. The summed E-state index contributed by atoms with van der Waals surface area (Å²) in [6, 6.07) is 6.76. The minimum absolute atomic E-state index is 0.110. The fourth-order valence-electron chi connectivity index (χ4n) is 2.49. The highest BCUT2D eigenvalue weighted by atomic mass is 16.3. The van der Waals surface area contributed by atoms with Gasteiger partial charge in [-0.15, -0.1) is 0 Å². The molecule has 6 heteroatoms. The number of anilines is 2. The van der Waals surface area contributed by atoms with Crippen LogP contribution in [-0.2, 0) is 17.6 Å². The minimum Gasteiger partial charge on any atom is -0.472 e. The van der Waals surface area contributed by atoms with Gasteiger partial charge in [0.2, 0.25) is 5.91 Å². The van der Waals surface area contributed by atoms with Crippen molar-refractivity contribution in [3.05, 3.63) is 47.9 Å². The summed E-state index contributed by atoms with van der Waals surface area (Å²) in [5.74, 6) is -0.110. The highest BCUT2D eigenvalue weighted by molar-refractivity contribution is 5.95. The van der Waals surface area contributed by atoms with Gasteiger partial charge in [-0.05, 0) is 41.8 Å². The summed E-state index contributed by atoms with van der Waals surface area (Å²) < 4.78 is 4.93. The number of benzene rings is 1. The maximum absolute atomic E-state index is 11.9. The van der Waals surface area contributed by atoms with Crippen molar-refractivity contribution in [2.75, 3.05) is 16.8 Å². The lowest BCUT2D eigenvalue weighted by Crippen LogP contribution is -2.33. The highest BCUT2D eigenvalue weighted by Crippen LogP contribution is 2.30. The maximum Gasteiger partial charge on any atom is 0.319 e. The minimum atomic E-state index is -0.453. The van der Waals surface area contributed by atoms with E-state index in [-0.39, 0.29) is 12.3 Å². The van der Waals surface area contributed by atoms with Gasteiger partial charge in [-0.2, -0.15) is 0 Å². The predicted octanol–water partition coefficient (Wildman–Crippen LogP) is 1.90. The van der Waals surface area contributed by atoms with Crippen molar-refractivity contribution >= 4 is 23.3 Å². The Balaban J connectivity index is 1.70. The number of hydrogen-bond acceptors (Lipinski definition) is 3. The van der Waals surface area contributed by atoms with E-state index in [4.69, 9.17) is 10.2 Å². The zero-order chi connectivity index (χ0) is 14.8. The van der Waals surface area contributed by atoms with Gasteiger partial charge < -0.3 is 15.5 Å². The van der Waals surface area contributed by atoms with Crippen LogP contribution in [0.15, 0.2) is 41.2 Å². The number of nitrogens with zero attached hydrogens (tertiary/aromatic N) is 1. The molecule has 0 aliphatic carbocycles. The van der Waals surface area contributed by atoms with Gasteiger partial charge in [0.25, 0.3) is 0 Å². The molecule has 0 saturated heterocycles. The largest absolute Gasteiger partial charge is 0.472 e. The van der Waals surface area contributed by atoms with E-state index in [1.165, 1.54) is 11.2 Å². The smallest absolute Gasteiger partial charge is 0.319 e. The zero-order valence-corrected chi connectivity index (χ0v) is 11.3. The van der Waals surface area contributed by atoms with Gasteiger partial charge >= 0.3 is 6.03 Å². The molecule has 0 radical (unpaired) electrons. The second-order valence-corrected chi connectivity index (χ2v) is 4.94. The summed E-state index contributed by atoms with van der Waals surface area (Å²) >= 11 is 0. The van der Waals surface area contributed by atoms with Crippen LogP contribution < -0.4 is 16.0 Å². The molecule has 1 aromatic carbocycles. The summed E-state index contributed by atoms with van der Waals surface area (Å²) in [6.45, 7) is 0.580. The molecule has 1 aliphatic rings. The van der Waals surface area contributed by atoms with E-state index in [1.807, 2.05) is 6.07 Å². The fraction of sp³-hybridized carbons (Fsp3) is 0.200. The summed E-state index contributed by atoms with van der Waals surface area (Å²) in [5, 5.41) is 2.84. The number of furan rings is 1. The Morgan fingerprint density at radius 3 is 2.90 bits per heavy atom. The van der Waals surface area contributed by atoms with E-state index in [9.17, 15) is 9.59 Å². The van der Waals surface area contributed by atoms with Crippen LogP contribution >= 0.6 is 0 Å². The highest BCUT2D eigenvalue weighted by Gasteiger charge is 2.23. The Bertz CT molecular complexity index is 679. The Morgan fingerprint density at radius 1 is 1.33 bits per heavy atom. The number of fused-ring (bicyclic) bond motifs is 1. The van der Waals surface area contributed by atoms with Gasteiger partial charge in [0.1, 0.15) is 0 Å². The Morgan fingerprint density at radius 2 is 2.19 bits per heavy atom. The molecule has 6 nitrogen and oxygen atoms in total. The first kappa shape index (κ1) is 13.2. The number of rotatable bonds is 3. The number of amides is 3. The topological polar surface area (TPSA) is 88.6 Å². The van der Waals surface area contributed by atoms with Crippen LogP contribution in [0.3, 0.4) is 0 Å². The van der Waals surface area contributed by atoms with Crippen molar-refractivity contribution in [2.24, 2.45) is 5.73 Å². The van der Waals surface area contributed by atoms with Gasteiger partial charge in [0, 0.05) is 17.9 Å². The average Bonchev–Trinajstić information content (AvgIpc) is 3.06. The van der Waals surface area contributed by atoms with E-state index in [0.717, 1.165) is 23.2 Å². The first-order valence-electron chi connectivity index (χ1n) is 6.64. The van der Waals surface area contributed by atoms with Crippen LogP contribution in [0.2, 0.25) is 0 Å². The lowest BCUT2D eigenvalue weighted by Gasteiger charge is -2.14. The average molecular weight is 285 g/mol. The van der Waals surface area contributed by atoms with Gasteiger partial charge in [0.05, 0.1) is 18.9 Å². The van der Waals surface area contributed by atoms with Gasteiger partial charge in [-0.1, -0.05) is 0 Å². The van der Waals surface area contributed by atoms with Crippen LogP contribution in [0.5, 0.6) is 0 Å². The van der Waals surface area contributed by atoms with Gasteiger partial charge in [-0.3, -0.25) is 9.69 Å². The molecule has 1 aliphatic heterocycles. The van der Waals surface area contributed by atoms with Crippen molar-refractivity contribution in [3.63, 3.8) is 0 Å². The summed E-state index contributed by atoms with van der Waals surface area (Å²) in [4.78, 5) is 24.7. The third kappa shape index (κ3) is 2.74. The standard InChI is InChI=1S/C15H15N3O3/c16-15(20)18-5-3-11-8-12(1-2-13(11)18)17-14(19)7-10-4-6-21-9-10/h1-2,4,6,8-9H,3,5,7H2,(H2,16,20)(H,17,19). The van der Waals surface area contributed by atoms with E-state index >= 15 is 0 Å². The van der Waals surface area contributed by atoms with Crippen molar-refractivity contribution < 1.29 is 14.0 Å². The lowest BCUT2D eigenvalue weighted by molar-refractivity contribution is -0.115. The molecule has 3 N–H and O–H groups in total. The SMILES string of the molecule is NC(=O)N1CCc2cc(NC(=O)Cc3ccoc3)ccc21. The molecule has 0 spiro atoms. The third-order valence-corrected chi connectivity index (χ3v) is 3.47.